The molecule has 4 nitrogen and oxygen atoms in total. The van der Waals surface area contributed by atoms with Gasteiger partial charge in [-0.1, -0.05) is 46.4 Å². The van der Waals surface area contributed by atoms with Crippen LogP contribution >= 0.6 is 69.6 Å². The first-order valence-corrected chi connectivity index (χ1v) is 6.76. The molecule has 0 aliphatic heterocycles. The third-order valence-electron chi connectivity index (χ3n) is 3.03. The molecule has 0 saturated carbocycles. The fourth-order valence-electron chi connectivity index (χ4n) is 2.20. The molecule has 0 fully saturated rings. The van der Waals surface area contributed by atoms with Crippen LogP contribution in [0, 0.1) is 0 Å². The lowest BCUT2D eigenvalue weighted by atomic mass is 9.96. The van der Waals surface area contributed by atoms with Gasteiger partial charge in [-0.15, -0.1) is 23.2 Å². The van der Waals surface area contributed by atoms with Gasteiger partial charge in [0, 0.05) is 0 Å². The van der Waals surface area contributed by atoms with E-state index in [-0.39, 0.29) is 0 Å². The van der Waals surface area contributed by atoms with E-state index in [4.69, 9.17) is 79.8 Å². The molecule has 104 valence electrons. The highest BCUT2D eigenvalue weighted by molar-refractivity contribution is 6.68. The van der Waals surface area contributed by atoms with Gasteiger partial charge in [0.25, 0.3) is 0 Å². The Hall–Kier alpha value is 0.160. The number of carbonyl (C=O) groups is 2. The topological polar surface area (TPSA) is 74.6 Å². The van der Waals surface area contributed by atoms with Crippen LogP contribution in [0.25, 0.3) is 0 Å². The van der Waals surface area contributed by atoms with Gasteiger partial charge in [0.15, 0.2) is 4.33 Å². The Morgan fingerprint density at radius 1 is 0.789 bits per heavy atom. The van der Waals surface area contributed by atoms with Crippen molar-refractivity contribution in [2.24, 2.45) is 0 Å². The van der Waals surface area contributed by atoms with E-state index in [0.717, 1.165) is 0 Å². The molecule has 2 rings (SSSR count). The quantitative estimate of drug-likeness (QED) is 0.714. The minimum atomic E-state index is -2.25. The molecule has 2 atom stereocenters. The minimum Gasteiger partial charge on any atom is -0.478 e. The van der Waals surface area contributed by atoms with Crippen molar-refractivity contribution in [1.82, 2.24) is 0 Å². The molecule has 0 aromatic rings. The van der Waals surface area contributed by atoms with Crippen LogP contribution in [0.3, 0.4) is 0 Å². The molecule has 0 amide bonds. The summed E-state index contributed by atoms with van der Waals surface area (Å²) in [4.78, 5) is 18.1. The minimum absolute atomic E-state index is 0.404. The summed E-state index contributed by atoms with van der Waals surface area (Å²) in [5.41, 5.74) is -1.59. The first-order valence-electron chi connectivity index (χ1n) is 4.49. The molecule has 0 radical (unpaired) electrons. The van der Waals surface area contributed by atoms with Crippen molar-refractivity contribution in [1.29, 1.82) is 0 Å². The van der Waals surface area contributed by atoms with Gasteiger partial charge < -0.3 is 10.2 Å². The molecule has 0 aromatic heterocycles. The lowest BCUT2D eigenvalue weighted by molar-refractivity contribution is -0.136. The second kappa shape index (κ2) is 4.09. The van der Waals surface area contributed by atoms with E-state index in [2.05, 4.69) is 0 Å². The Kier molecular flexibility index (Phi) is 3.35. The van der Waals surface area contributed by atoms with Gasteiger partial charge in [-0.2, -0.15) is 0 Å². The third kappa shape index (κ3) is 1.40. The molecule has 0 saturated heterocycles. The predicted molar refractivity (Wildman–Crippen MR) is 72.6 cm³/mol. The average Bonchev–Trinajstić information content (AvgIpc) is 2.48. The maximum absolute atomic E-state index is 11.3. The lowest BCUT2D eigenvalue weighted by Gasteiger charge is -2.32. The first-order chi connectivity index (χ1) is 8.45. The lowest BCUT2D eigenvalue weighted by Crippen LogP contribution is -2.46. The van der Waals surface area contributed by atoms with Crippen LogP contribution in [0.15, 0.2) is 21.2 Å². The molecule has 19 heavy (non-hydrogen) atoms. The SMILES string of the molecule is O=C(O)C1=C(C(=O)O)[C@@]2(Cl)C(Cl)=C(Cl)[C@]1(Cl)C2(Cl)Cl. The van der Waals surface area contributed by atoms with Crippen LogP contribution in [0.4, 0.5) is 0 Å². The summed E-state index contributed by atoms with van der Waals surface area (Å²) in [7, 11) is 0. The zero-order valence-corrected chi connectivity index (χ0v) is 13.0. The standard InChI is InChI=1S/C9H2Cl6O4/c10-3-4(11)8(13)2(6(18)19)1(5(16)17)7(3,12)9(8,14)15/h(H,16,17)(H,18,19)/t7-,8+. The van der Waals surface area contributed by atoms with Crippen molar-refractivity contribution in [2.45, 2.75) is 14.1 Å². The van der Waals surface area contributed by atoms with E-state index in [1.807, 2.05) is 0 Å². The zero-order valence-electron chi connectivity index (χ0n) is 8.48. The van der Waals surface area contributed by atoms with Crippen molar-refractivity contribution in [2.75, 3.05) is 0 Å². The number of fused-ring (bicyclic) bond motifs is 2. The highest BCUT2D eigenvalue weighted by Gasteiger charge is 2.80. The van der Waals surface area contributed by atoms with Crippen LogP contribution in [-0.4, -0.2) is 36.2 Å². The highest BCUT2D eigenvalue weighted by Crippen LogP contribution is 2.74. The van der Waals surface area contributed by atoms with E-state index < -0.39 is 47.2 Å². The maximum Gasteiger partial charge on any atom is 0.334 e. The summed E-state index contributed by atoms with van der Waals surface area (Å²) in [6, 6.07) is 0. The number of aliphatic carboxylic acids is 2. The Balaban J connectivity index is 2.95. The largest absolute Gasteiger partial charge is 0.478 e. The average molecular weight is 387 g/mol. The molecule has 2 bridgehead atoms. The molecular formula is C9H2Cl6O4. The smallest absolute Gasteiger partial charge is 0.334 e. The predicted octanol–water partition coefficient (Wildman–Crippen LogP) is 3.30. The van der Waals surface area contributed by atoms with Crippen molar-refractivity contribution in [3.63, 3.8) is 0 Å². The third-order valence-corrected chi connectivity index (χ3v) is 7.11. The van der Waals surface area contributed by atoms with Gasteiger partial charge in [-0.3, -0.25) is 0 Å². The molecule has 2 aliphatic rings. The van der Waals surface area contributed by atoms with Gasteiger partial charge >= 0.3 is 11.9 Å². The Bertz CT molecular complexity index is 546. The van der Waals surface area contributed by atoms with Crippen LogP contribution in [0.1, 0.15) is 0 Å². The van der Waals surface area contributed by atoms with E-state index >= 15 is 0 Å². The summed E-state index contributed by atoms with van der Waals surface area (Å²) >= 11 is 35.9. The molecule has 0 aromatic carbocycles. The summed E-state index contributed by atoms with van der Waals surface area (Å²) in [6.07, 6.45) is 0. The van der Waals surface area contributed by atoms with Crippen molar-refractivity contribution in [3.05, 3.63) is 21.2 Å². The van der Waals surface area contributed by atoms with E-state index in [1.54, 1.807) is 0 Å². The van der Waals surface area contributed by atoms with Gasteiger partial charge in [-0.25, -0.2) is 9.59 Å². The van der Waals surface area contributed by atoms with Crippen LogP contribution in [0.2, 0.25) is 0 Å². The Labute approximate surface area is 136 Å². The normalized spacial score (nSPS) is 36.1. The Morgan fingerprint density at radius 3 is 1.26 bits per heavy atom. The second-order valence-corrected chi connectivity index (χ2v) is 7.10. The number of carboxylic acid groups (broad SMARTS) is 2. The maximum atomic E-state index is 11.3. The fraction of sp³-hybridized carbons (Fsp3) is 0.333. The summed E-state index contributed by atoms with van der Waals surface area (Å²) in [5, 5.41) is 17.5. The highest BCUT2D eigenvalue weighted by atomic mass is 35.5. The number of hydrogen-bond acceptors (Lipinski definition) is 2. The molecule has 10 heteroatoms. The zero-order chi connectivity index (χ0) is 15.0. The molecule has 0 unspecified atom stereocenters. The molecular weight excluding hydrogens is 385 g/mol. The number of hydrogen-bond donors (Lipinski definition) is 2. The van der Waals surface area contributed by atoms with Gasteiger partial charge in [0.1, 0.15) is 9.75 Å². The second-order valence-electron chi connectivity index (χ2n) is 3.88. The van der Waals surface area contributed by atoms with E-state index in [9.17, 15) is 9.59 Å². The van der Waals surface area contributed by atoms with Crippen LogP contribution < -0.4 is 0 Å². The van der Waals surface area contributed by atoms with Gasteiger partial charge in [-0.05, 0) is 0 Å². The monoisotopic (exact) mass is 384 g/mol. The number of carboxylic acids is 2. The van der Waals surface area contributed by atoms with Crippen LogP contribution in [0.5, 0.6) is 0 Å². The summed E-state index contributed by atoms with van der Waals surface area (Å²) < 4.78 is -2.25. The number of rotatable bonds is 2. The Morgan fingerprint density at radius 2 is 1.05 bits per heavy atom. The molecule has 2 N–H and O–H groups in total. The summed E-state index contributed by atoms with van der Waals surface area (Å²) in [5.74, 6) is -3.30. The van der Waals surface area contributed by atoms with E-state index in [0.29, 0.717) is 0 Å². The molecule has 0 spiro atoms. The molecule has 0 heterocycles. The van der Waals surface area contributed by atoms with Gasteiger partial charge in [0.2, 0.25) is 0 Å². The number of alkyl halides is 4. The first kappa shape index (κ1) is 15.5. The molecule has 2 aliphatic carbocycles. The van der Waals surface area contributed by atoms with E-state index in [1.165, 1.54) is 0 Å². The van der Waals surface area contributed by atoms with Crippen molar-refractivity contribution < 1.29 is 19.8 Å². The van der Waals surface area contributed by atoms with Crippen molar-refractivity contribution >= 4 is 81.5 Å². The fourth-order valence-corrected chi connectivity index (χ4v) is 4.88. The van der Waals surface area contributed by atoms with Crippen molar-refractivity contribution in [3.8, 4) is 0 Å². The van der Waals surface area contributed by atoms with Crippen LogP contribution in [-0.2, 0) is 9.59 Å². The van der Waals surface area contributed by atoms with Gasteiger partial charge in [0.05, 0.1) is 21.2 Å². The number of halogens is 6. The summed E-state index contributed by atoms with van der Waals surface area (Å²) in [6.45, 7) is 0. The number of allylic oxidation sites excluding steroid dienone is 2.